The van der Waals surface area contributed by atoms with Gasteiger partial charge < -0.3 is 10.2 Å². The first-order valence-corrected chi connectivity index (χ1v) is 10.9. The molecule has 4 aromatic rings. The van der Waals surface area contributed by atoms with E-state index in [1.165, 1.54) is 10.6 Å². The fourth-order valence-corrected chi connectivity index (χ4v) is 3.86. The number of halogens is 4. The quantitative estimate of drug-likeness (QED) is 0.393. The highest BCUT2D eigenvalue weighted by atomic mass is 35.5. The molecule has 0 saturated heterocycles. The van der Waals surface area contributed by atoms with Crippen LogP contribution in [0.5, 0.6) is 0 Å². The molecule has 1 aliphatic rings. The molecule has 0 unspecified atom stereocenters. The van der Waals surface area contributed by atoms with Crippen molar-refractivity contribution in [2.45, 2.75) is 19.3 Å². The third-order valence-electron chi connectivity index (χ3n) is 5.29. The zero-order chi connectivity index (χ0) is 25.9. The van der Waals surface area contributed by atoms with E-state index in [1.54, 1.807) is 54.6 Å². The van der Waals surface area contributed by atoms with Gasteiger partial charge in [-0.2, -0.15) is 13.2 Å². The highest BCUT2D eigenvalue weighted by molar-refractivity contribution is 6.35. The average molecular weight is 515 g/mol. The van der Waals surface area contributed by atoms with Gasteiger partial charge in [-0.3, -0.25) is 9.56 Å². The number of alkyl halides is 3. The van der Waals surface area contributed by atoms with Crippen LogP contribution in [-0.4, -0.2) is 36.7 Å². The molecular formula is C25H18ClF3N4O3. The van der Waals surface area contributed by atoms with Crippen molar-refractivity contribution in [3.05, 3.63) is 112 Å². The van der Waals surface area contributed by atoms with Gasteiger partial charge in [-0.25, -0.2) is 4.79 Å². The zero-order valence-electron chi connectivity index (χ0n) is 18.4. The van der Waals surface area contributed by atoms with Crippen molar-refractivity contribution < 1.29 is 28.2 Å². The van der Waals surface area contributed by atoms with Crippen LogP contribution < -0.4 is 0 Å². The molecule has 7 nitrogen and oxygen atoms in total. The van der Waals surface area contributed by atoms with Gasteiger partial charge in [0.2, 0.25) is 0 Å². The van der Waals surface area contributed by atoms with Crippen LogP contribution in [0.15, 0.2) is 77.8 Å². The molecular weight excluding hydrogens is 497 g/mol. The molecule has 3 aromatic carbocycles. The number of aliphatic imine (C=N–C) groups is 1. The second-order valence-electron chi connectivity index (χ2n) is 7.57. The van der Waals surface area contributed by atoms with Crippen molar-refractivity contribution in [2.75, 3.05) is 0 Å². The van der Waals surface area contributed by atoms with Crippen LogP contribution in [0.1, 0.15) is 38.7 Å². The topological polar surface area (TPSA) is 101 Å². The van der Waals surface area contributed by atoms with Gasteiger partial charge in [0, 0.05) is 16.1 Å². The van der Waals surface area contributed by atoms with E-state index >= 15 is 0 Å². The van der Waals surface area contributed by atoms with Crippen LogP contribution in [0.3, 0.4) is 0 Å². The van der Waals surface area contributed by atoms with Crippen molar-refractivity contribution in [3.8, 4) is 5.69 Å². The lowest BCUT2D eigenvalue weighted by Crippen LogP contribution is -2.13. The number of carboxylic acids is 1. The maximum Gasteiger partial charge on any atom is 0.416 e. The number of aliphatic hydroxyl groups is 1. The van der Waals surface area contributed by atoms with E-state index in [4.69, 9.17) is 16.7 Å². The first-order chi connectivity index (χ1) is 17.2. The number of hydrogen-bond acceptors (Lipinski definition) is 5. The largest absolute Gasteiger partial charge is 0.478 e. The van der Waals surface area contributed by atoms with E-state index in [1.807, 2.05) is 0 Å². The highest BCUT2D eigenvalue weighted by Gasteiger charge is 2.33. The zero-order valence-corrected chi connectivity index (χ0v) is 19.2. The maximum absolute atomic E-state index is 13.3. The fraction of sp³-hybridized carbons (Fsp3) is 0.120. The van der Waals surface area contributed by atoms with Gasteiger partial charge in [0.1, 0.15) is 13.2 Å². The lowest BCUT2D eigenvalue weighted by atomic mass is 9.98. The van der Waals surface area contributed by atoms with Gasteiger partial charge in [0.25, 0.3) is 0 Å². The van der Waals surface area contributed by atoms with E-state index in [9.17, 15) is 23.1 Å². The number of carbonyl (C=O) groups is 1. The summed E-state index contributed by atoms with van der Waals surface area (Å²) in [5, 5.41) is 26.2. The molecule has 0 spiro atoms. The minimum atomic E-state index is -4.51. The SMILES string of the molecule is O=C(O)c1ccccc1.OCc1nnc2n1-c1ccc(C(F)(F)F)cc1C(c1ccccc1Cl)=NC2. The summed E-state index contributed by atoms with van der Waals surface area (Å²) in [5.41, 5.74) is 1.02. The monoisotopic (exact) mass is 514 g/mol. The smallest absolute Gasteiger partial charge is 0.416 e. The molecule has 0 amide bonds. The van der Waals surface area contributed by atoms with Crippen molar-refractivity contribution in [2.24, 2.45) is 4.99 Å². The molecule has 0 saturated carbocycles. The second-order valence-corrected chi connectivity index (χ2v) is 7.98. The van der Waals surface area contributed by atoms with Crippen molar-refractivity contribution in [1.82, 2.24) is 14.8 Å². The van der Waals surface area contributed by atoms with Gasteiger partial charge >= 0.3 is 12.1 Å². The summed E-state index contributed by atoms with van der Waals surface area (Å²) in [6.07, 6.45) is -4.51. The number of fused-ring (bicyclic) bond motifs is 3. The number of aromatic nitrogens is 3. The molecule has 0 atom stereocenters. The molecule has 2 heterocycles. The van der Waals surface area contributed by atoms with E-state index < -0.39 is 24.3 Å². The van der Waals surface area contributed by atoms with Crippen LogP contribution in [0, 0.1) is 0 Å². The summed E-state index contributed by atoms with van der Waals surface area (Å²) in [4.78, 5) is 14.7. The van der Waals surface area contributed by atoms with Crippen molar-refractivity contribution in [1.29, 1.82) is 0 Å². The molecule has 11 heteroatoms. The summed E-state index contributed by atoms with van der Waals surface area (Å²) >= 11 is 6.27. The minimum absolute atomic E-state index is 0.0869. The molecule has 36 heavy (non-hydrogen) atoms. The Labute approximate surface area is 208 Å². The Bertz CT molecular complexity index is 1440. The summed E-state index contributed by atoms with van der Waals surface area (Å²) in [5.74, 6) is -0.237. The lowest BCUT2D eigenvalue weighted by Gasteiger charge is -2.16. The van der Waals surface area contributed by atoms with Crippen molar-refractivity contribution in [3.63, 3.8) is 0 Å². The van der Waals surface area contributed by atoms with Crippen LogP contribution >= 0.6 is 11.6 Å². The van der Waals surface area contributed by atoms with Gasteiger partial charge in [0.15, 0.2) is 11.6 Å². The Morgan fingerprint density at radius 1 is 0.972 bits per heavy atom. The highest BCUT2D eigenvalue weighted by Crippen LogP contribution is 2.35. The molecule has 0 aliphatic carbocycles. The summed E-state index contributed by atoms with van der Waals surface area (Å²) in [6.45, 7) is -0.321. The molecule has 184 valence electrons. The predicted molar refractivity (Wildman–Crippen MR) is 126 cm³/mol. The molecule has 1 aromatic heterocycles. The third kappa shape index (κ3) is 5.14. The van der Waals surface area contributed by atoms with Crippen LogP contribution in [0.2, 0.25) is 5.02 Å². The van der Waals surface area contributed by atoms with Gasteiger partial charge in [-0.05, 0) is 36.4 Å². The lowest BCUT2D eigenvalue weighted by molar-refractivity contribution is -0.137. The van der Waals surface area contributed by atoms with Crippen LogP contribution in [0.25, 0.3) is 5.69 Å². The Morgan fingerprint density at radius 2 is 1.67 bits per heavy atom. The molecule has 5 rings (SSSR count). The summed E-state index contributed by atoms with van der Waals surface area (Å²) < 4.78 is 41.5. The number of aromatic carboxylic acids is 1. The predicted octanol–water partition coefficient (Wildman–Crippen LogP) is 5.17. The molecule has 2 N–H and O–H groups in total. The number of rotatable bonds is 3. The van der Waals surface area contributed by atoms with Gasteiger partial charge in [0.05, 0.1) is 22.5 Å². The number of carboxylic acid groups (broad SMARTS) is 1. The third-order valence-corrected chi connectivity index (χ3v) is 5.62. The van der Waals surface area contributed by atoms with Crippen LogP contribution in [0.4, 0.5) is 13.2 Å². The van der Waals surface area contributed by atoms with Gasteiger partial charge in [-0.1, -0.05) is 48.0 Å². The summed E-state index contributed by atoms with van der Waals surface area (Å²) in [7, 11) is 0. The Balaban J connectivity index is 0.000000286. The van der Waals surface area contributed by atoms with Gasteiger partial charge in [-0.15, -0.1) is 10.2 Å². The molecule has 0 fully saturated rings. The first-order valence-electron chi connectivity index (χ1n) is 10.5. The number of nitrogens with zero attached hydrogens (tertiary/aromatic N) is 4. The Kier molecular flexibility index (Phi) is 7.18. The Hall–Kier alpha value is -4.02. The average Bonchev–Trinajstić information content (AvgIpc) is 3.21. The van der Waals surface area contributed by atoms with E-state index in [0.29, 0.717) is 33.4 Å². The normalized spacial score (nSPS) is 12.4. The number of aliphatic hydroxyl groups excluding tert-OH is 1. The standard InChI is InChI=1S/C18H12ClF3N4O.C7H6O2/c19-13-4-2-1-3-11(13)17-12-7-10(18(20,21)22)5-6-14(12)26-15(8-23-17)24-25-16(26)9-27;8-7(9)6-4-2-1-3-5-6/h1-7,27H,8-9H2;1-5H,(H,8,9). The van der Waals surface area contributed by atoms with Crippen LogP contribution in [-0.2, 0) is 19.3 Å². The second kappa shape index (κ2) is 10.3. The number of benzene rings is 3. The molecule has 1 aliphatic heterocycles. The first kappa shape index (κ1) is 25.1. The maximum atomic E-state index is 13.3. The van der Waals surface area contributed by atoms with E-state index in [2.05, 4.69) is 15.2 Å². The Morgan fingerprint density at radius 3 is 2.28 bits per heavy atom. The van der Waals surface area contributed by atoms with E-state index in [0.717, 1.165) is 12.1 Å². The number of hydrogen-bond donors (Lipinski definition) is 2. The molecule has 0 radical (unpaired) electrons. The van der Waals surface area contributed by atoms with Crippen molar-refractivity contribution >= 4 is 23.3 Å². The minimum Gasteiger partial charge on any atom is -0.478 e. The molecule has 0 bridgehead atoms. The van der Waals surface area contributed by atoms with E-state index in [-0.39, 0.29) is 17.9 Å². The fourth-order valence-electron chi connectivity index (χ4n) is 3.63. The summed E-state index contributed by atoms with van der Waals surface area (Å²) in [6, 6.07) is 18.5.